The van der Waals surface area contributed by atoms with E-state index in [9.17, 15) is 10.2 Å². The van der Waals surface area contributed by atoms with Gasteiger partial charge in [0.1, 0.15) is 6.10 Å². The van der Waals surface area contributed by atoms with E-state index in [-0.39, 0.29) is 12.0 Å². The van der Waals surface area contributed by atoms with Crippen molar-refractivity contribution in [1.29, 1.82) is 0 Å². The Kier molecular flexibility index (Phi) is 4.85. The third-order valence-corrected chi connectivity index (χ3v) is 2.30. The van der Waals surface area contributed by atoms with E-state index in [4.69, 9.17) is 10.2 Å². The number of aliphatic hydroxyl groups is 4. The Morgan fingerprint density at radius 2 is 1.46 bits per heavy atom. The fourth-order valence-corrected chi connectivity index (χ4v) is 1.27. The van der Waals surface area contributed by atoms with Gasteiger partial charge in [0.15, 0.2) is 0 Å². The fraction of sp³-hybridized carbons (Fsp3) is 1.00. The van der Waals surface area contributed by atoms with Crippen LogP contribution >= 0.6 is 0 Å². The molecule has 0 radical (unpaired) electrons. The van der Waals surface area contributed by atoms with Gasteiger partial charge >= 0.3 is 0 Å². The summed E-state index contributed by atoms with van der Waals surface area (Å²) in [5, 5.41) is 36.4. The second kappa shape index (κ2) is 4.91. The summed E-state index contributed by atoms with van der Waals surface area (Å²) in [4.78, 5) is 0. The summed E-state index contributed by atoms with van der Waals surface area (Å²) in [6.07, 6.45) is -2.27. The molecule has 0 heterocycles. The lowest BCUT2D eigenvalue weighted by molar-refractivity contribution is -0.0823. The lowest BCUT2D eigenvalue weighted by Gasteiger charge is -2.34. The van der Waals surface area contributed by atoms with E-state index in [0.29, 0.717) is 0 Å². The lowest BCUT2D eigenvalue weighted by Crippen LogP contribution is -2.43. The highest BCUT2D eigenvalue weighted by Gasteiger charge is 2.34. The SMILES string of the molecule is CC(C)(C)C(CO)[C@@H](O)[C@H](O)CO. The van der Waals surface area contributed by atoms with Gasteiger partial charge in [0, 0.05) is 12.5 Å². The predicted octanol–water partition coefficient (Wildman–Crippen LogP) is -0.645. The molecule has 0 saturated heterocycles. The molecule has 4 N–H and O–H groups in total. The molecule has 0 aromatic carbocycles. The lowest BCUT2D eigenvalue weighted by atomic mass is 9.76. The predicted molar refractivity (Wildman–Crippen MR) is 49.1 cm³/mol. The highest BCUT2D eigenvalue weighted by Crippen LogP contribution is 2.29. The van der Waals surface area contributed by atoms with Crippen LogP contribution in [0.1, 0.15) is 20.8 Å². The molecule has 0 aliphatic carbocycles. The standard InChI is InChI=1S/C9H20O4/c1-9(2,3)6(4-10)8(13)7(12)5-11/h6-8,10-13H,4-5H2,1-3H3/t6?,7-,8-/m1/s1. The minimum atomic E-state index is -1.18. The highest BCUT2D eigenvalue weighted by atomic mass is 16.4. The monoisotopic (exact) mass is 192 g/mol. The third kappa shape index (κ3) is 3.60. The van der Waals surface area contributed by atoms with Crippen LogP contribution in [0, 0.1) is 11.3 Å². The summed E-state index contributed by atoms with van der Waals surface area (Å²) in [5.74, 6) is -0.436. The smallest absolute Gasteiger partial charge is 0.103 e. The molecule has 1 unspecified atom stereocenters. The van der Waals surface area contributed by atoms with E-state index in [1.807, 2.05) is 20.8 Å². The quantitative estimate of drug-likeness (QED) is 0.477. The van der Waals surface area contributed by atoms with E-state index in [1.54, 1.807) is 0 Å². The zero-order valence-electron chi connectivity index (χ0n) is 8.44. The molecule has 0 aliphatic heterocycles. The molecule has 4 nitrogen and oxygen atoms in total. The van der Waals surface area contributed by atoms with Gasteiger partial charge in [-0.05, 0) is 5.41 Å². The second-order valence-corrected chi connectivity index (χ2v) is 4.40. The maximum atomic E-state index is 9.54. The van der Waals surface area contributed by atoms with Gasteiger partial charge in [0.25, 0.3) is 0 Å². The van der Waals surface area contributed by atoms with Crippen molar-refractivity contribution in [2.24, 2.45) is 11.3 Å². The Bertz CT molecular complexity index is 141. The largest absolute Gasteiger partial charge is 0.396 e. The van der Waals surface area contributed by atoms with Crippen LogP contribution in [-0.2, 0) is 0 Å². The molecule has 0 spiro atoms. The first-order valence-electron chi connectivity index (χ1n) is 4.42. The summed E-state index contributed by atoms with van der Waals surface area (Å²) in [6, 6.07) is 0. The molecule has 0 fully saturated rings. The number of hydrogen-bond donors (Lipinski definition) is 4. The van der Waals surface area contributed by atoms with Crippen LogP contribution in [0.4, 0.5) is 0 Å². The molecule has 0 aromatic heterocycles. The van der Waals surface area contributed by atoms with E-state index in [1.165, 1.54) is 0 Å². The van der Waals surface area contributed by atoms with Crippen LogP contribution in [0.15, 0.2) is 0 Å². The van der Waals surface area contributed by atoms with Crippen molar-refractivity contribution in [1.82, 2.24) is 0 Å². The first kappa shape index (κ1) is 12.8. The molecule has 0 bridgehead atoms. The van der Waals surface area contributed by atoms with Gasteiger partial charge in [-0.2, -0.15) is 0 Å². The zero-order valence-corrected chi connectivity index (χ0v) is 8.44. The molecule has 0 saturated carbocycles. The van der Waals surface area contributed by atoms with Crippen molar-refractivity contribution in [3.05, 3.63) is 0 Å². The molecule has 80 valence electrons. The molecule has 0 aliphatic rings. The maximum absolute atomic E-state index is 9.54. The number of rotatable bonds is 4. The number of aliphatic hydroxyl groups excluding tert-OH is 4. The van der Waals surface area contributed by atoms with Gasteiger partial charge in [-0.3, -0.25) is 0 Å². The summed E-state index contributed by atoms with van der Waals surface area (Å²) < 4.78 is 0. The maximum Gasteiger partial charge on any atom is 0.103 e. The highest BCUT2D eigenvalue weighted by molar-refractivity contribution is 4.83. The van der Waals surface area contributed by atoms with E-state index < -0.39 is 24.7 Å². The molecule has 0 rings (SSSR count). The van der Waals surface area contributed by atoms with Crippen molar-refractivity contribution in [3.8, 4) is 0 Å². The van der Waals surface area contributed by atoms with E-state index in [0.717, 1.165) is 0 Å². The number of hydrogen-bond acceptors (Lipinski definition) is 4. The first-order chi connectivity index (χ1) is 5.84. The second-order valence-electron chi connectivity index (χ2n) is 4.40. The van der Waals surface area contributed by atoms with Gasteiger partial charge < -0.3 is 20.4 Å². The minimum Gasteiger partial charge on any atom is -0.396 e. The van der Waals surface area contributed by atoms with Gasteiger partial charge in [0.2, 0.25) is 0 Å². The van der Waals surface area contributed by atoms with Crippen LogP contribution in [0.25, 0.3) is 0 Å². The van der Waals surface area contributed by atoms with Gasteiger partial charge in [-0.15, -0.1) is 0 Å². The van der Waals surface area contributed by atoms with Gasteiger partial charge in [-0.25, -0.2) is 0 Å². The third-order valence-electron chi connectivity index (χ3n) is 2.30. The van der Waals surface area contributed by atoms with Crippen molar-refractivity contribution in [2.45, 2.75) is 33.0 Å². The molecule has 4 heteroatoms. The minimum absolute atomic E-state index is 0.207. The van der Waals surface area contributed by atoms with Crippen LogP contribution in [0.5, 0.6) is 0 Å². The Morgan fingerprint density at radius 1 is 1.00 bits per heavy atom. The summed E-state index contributed by atoms with van der Waals surface area (Å²) in [6.45, 7) is 4.89. The van der Waals surface area contributed by atoms with E-state index >= 15 is 0 Å². The first-order valence-corrected chi connectivity index (χ1v) is 4.42. The zero-order chi connectivity index (χ0) is 10.6. The van der Waals surface area contributed by atoms with Gasteiger partial charge in [-0.1, -0.05) is 20.8 Å². The van der Waals surface area contributed by atoms with Crippen molar-refractivity contribution in [2.75, 3.05) is 13.2 Å². The van der Waals surface area contributed by atoms with Gasteiger partial charge in [0.05, 0.1) is 12.7 Å². The van der Waals surface area contributed by atoms with Crippen LogP contribution in [0.2, 0.25) is 0 Å². The normalized spacial score (nSPS) is 19.6. The summed E-state index contributed by atoms with van der Waals surface area (Å²) >= 11 is 0. The molecule has 3 atom stereocenters. The summed E-state index contributed by atoms with van der Waals surface area (Å²) in [5.41, 5.74) is -0.301. The van der Waals surface area contributed by atoms with Crippen LogP contribution in [-0.4, -0.2) is 45.8 Å². The molecule has 0 amide bonds. The molecular formula is C9H20O4. The van der Waals surface area contributed by atoms with Crippen molar-refractivity contribution in [3.63, 3.8) is 0 Å². The fourth-order valence-electron chi connectivity index (χ4n) is 1.27. The molecular weight excluding hydrogens is 172 g/mol. The average Bonchev–Trinajstić information content (AvgIpc) is 2.01. The topological polar surface area (TPSA) is 80.9 Å². The Morgan fingerprint density at radius 3 is 1.69 bits per heavy atom. The Hall–Kier alpha value is -0.160. The van der Waals surface area contributed by atoms with Crippen LogP contribution < -0.4 is 0 Å². The average molecular weight is 192 g/mol. The molecule has 13 heavy (non-hydrogen) atoms. The molecule has 0 aromatic rings. The van der Waals surface area contributed by atoms with Crippen molar-refractivity contribution < 1.29 is 20.4 Å². The Labute approximate surface area is 78.8 Å². The van der Waals surface area contributed by atoms with Crippen molar-refractivity contribution >= 4 is 0 Å². The van der Waals surface area contributed by atoms with Crippen LogP contribution in [0.3, 0.4) is 0 Å². The van der Waals surface area contributed by atoms with E-state index in [2.05, 4.69) is 0 Å². The summed E-state index contributed by atoms with van der Waals surface area (Å²) in [7, 11) is 0. The Balaban J connectivity index is 4.40.